The van der Waals surface area contributed by atoms with Crippen LogP contribution >= 0.6 is 0 Å². The van der Waals surface area contributed by atoms with E-state index in [1.807, 2.05) is 0 Å². The van der Waals surface area contributed by atoms with E-state index in [-0.39, 0.29) is 0 Å². The normalized spacial score (nSPS) is 27.3. The summed E-state index contributed by atoms with van der Waals surface area (Å²) in [7, 11) is 2.08. The topological polar surface area (TPSA) is 15.3 Å². The molecule has 1 heterocycles. The van der Waals surface area contributed by atoms with E-state index in [4.69, 9.17) is 0 Å². The monoisotopic (exact) mass is 244 g/mol. The number of hydrogen-bond acceptors (Lipinski definition) is 2. The van der Waals surface area contributed by atoms with Gasteiger partial charge in [-0.3, -0.25) is 0 Å². The first kappa shape index (κ1) is 12.0. The molecule has 0 radical (unpaired) electrons. The molecule has 98 valence electrons. The molecule has 1 aliphatic carbocycles. The van der Waals surface area contributed by atoms with E-state index >= 15 is 0 Å². The van der Waals surface area contributed by atoms with Crippen molar-refractivity contribution in [2.45, 2.75) is 38.1 Å². The van der Waals surface area contributed by atoms with Crippen LogP contribution in [0.25, 0.3) is 0 Å². The highest BCUT2D eigenvalue weighted by atomic mass is 15.2. The van der Waals surface area contributed by atoms with Gasteiger partial charge in [-0.25, -0.2) is 0 Å². The Balaban J connectivity index is 1.83. The highest BCUT2D eigenvalue weighted by Gasteiger charge is 2.35. The summed E-state index contributed by atoms with van der Waals surface area (Å²) in [5.74, 6) is 0.848. The first-order chi connectivity index (χ1) is 8.90. The second-order valence-corrected chi connectivity index (χ2v) is 5.74. The Hall–Kier alpha value is -1.02. The fourth-order valence-electron chi connectivity index (χ4n) is 3.53. The molecule has 0 bridgehead atoms. The van der Waals surface area contributed by atoms with Crippen molar-refractivity contribution in [3.05, 3.63) is 29.8 Å². The van der Waals surface area contributed by atoms with Crippen LogP contribution in [0.2, 0.25) is 0 Å². The zero-order valence-corrected chi connectivity index (χ0v) is 11.4. The van der Waals surface area contributed by atoms with Crippen LogP contribution in [0.15, 0.2) is 24.3 Å². The van der Waals surface area contributed by atoms with Crippen molar-refractivity contribution < 1.29 is 0 Å². The number of fused-ring (bicyclic) bond motifs is 1. The van der Waals surface area contributed by atoms with Crippen molar-refractivity contribution in [3.63, 3.8) is 0 Å². The van der Waals surface area contributed by atoms with Gasteiger partial charge in [-0.1, -0.05) is 18.2 Å². The van der Waals surface area contributed by atoms with Crippen LogP contribution in [0.1, 0.15) is 31.2 Å². The number of anilines is 1. The fourth-order valence-corrected chi connectivity index (χ4v) is 3.53. The summed E-state index contributed by atoms with van der Waals surface area (Å²) in [5, 5.41) is 3.35. The van der Waals surface area contributed by atoms with Gasteiger partial charge in [0, 0.05) is 18.3 Å². The maximum absolute atomic E-state index is 3.35. The molecule has 1 aromatic carbocycles. The zero-order valence-electron chi connectivity index (χ0n) is 11.4. The SMILES string of the molecule is CNCC1CCC1N1CCCCc2ccccc21. The Morgan fingerprint density at radius 1 is 1.22 bits per heavy atom. The van der Waals surface area contributed by atoms with Gasteiger partial charge in [0.1, 0.15) is 0 Å². The summed E-state index contributed by atoms with van der Waals surface area (Å²) in [4.78, 5) is 2.70. The predicted molar refractivity (Wildman–Crippen MR) is 77.2 cm³/mol. The fraction of sp³-hybridized carbons (Fsp3) is 0.625. The highest BCUT2D eigenvalue weighted by molar-refractivity contribution is 5.55. The van der Waals surface area contributed by atoms with Crippen LogP contribution in [0.5, 0.6) is 0 Å². The number of nitrogens with zero attached hydrogens (tertiary/aromatic N) is 1. The molecule has 1 aromatic rings. The molecule has 2 unspecified atom stereocenters. The van der Waals surface area contributed by atoms with Crippen LogP contribution in [0.3, 0.4) is 0 Å². The Bertz CT molecular complexity index is 402. The quantitative estimate of drug-likeness (QED) is 0.879. The molecule has 3 rings (SSSR count). The molecule has 2 aliphatic rings. The van der Waals surface area contributed by atoms with Crippen LogP contribution in [0, 0.1) is 5.92 Å². The molecule has 2 heteroatoms. The third-order valence-corrected chi connectivity index (χ3v) is 4.64. The Labute approximate surface area is 110 Å². The third kappa shape index (κ3) is 2.14. The van der Waals surface area contributed by atoms with E-state index in [1.165, 1.54) is 50.9 Å². The average molecular weight is 244 g/mol. The number of rotatable bonds is 3. The summed E-state index contributed by atoms with van der Waals surface area (Å²) in [6, 6.07) is 9.81. The number of hydrogen-bond donors (Lipinski definition) is 1. The van der Waals surface area contributed by atoms with Crippen LogP contribution in [0.4, 0.5) is 5.69 Å². The minimum atomic E-state index is 0.775. The standard InChI is InChI=1S/C16H24N2/c1-17-12-14-9-10-16(14)18-11-5-4-7-13-6-2-3-8-15(13)18/h2-3,6,8,14,16-17H,4-5,7,9-12H2,1H3. The van der Waals surface area contributed by atoms with Gasteiger partial charge in [0.25, 0.3) is 0 Å². The lowest BCUT2D eigenvalue weighted by Gasteiger charge is -2.46. The van der Waals surface area contributed by atoms with Gasteiger partial charge in [0.15, 0.2) is 0 Å². The van der Waals surface area contributed by atoms with E-state index in [1.54, 1.807) is 5.56 Å². The van der Waals surface area contributed by atoms with Gasteiger partial charge in [-0.15, -0.1) is 0 Å². The molecular weight excluding hydrogens is 220 g/mol. The molecule has 2 nitrogen and oxygen atoms in total. The maximum Gasteiger partial charge on any atom is 0.0401 e. The number of aryl methyl sites for hydroxylation is 1. The number of para-hydroxylation sites is 1. The van der Waals surface area contributed by atoms with E-state index in [0.717, 1.165) is 12.0 Å². The molecule has 0 saturated heterocycles. The van der Waals surface area contributed by atoms with Gasteiger partial charge in [-0.2, -0.15) is 0 Å². The van der Waals surface area contributed by atoms with Crippen molar-refractivity contribution in [2.75, 3.05) is 25.0 Å². The Kier molecular flexibility index (Phi) is 3.55. The lowest BCUT2D eigenvalue weighted by molar-refractivity contribution is 0.238. The molecule has 1 saturated carbocycles. The molecule has 1 fully saturated rings. The van der Waals surface area contributed by atoms with Crippen molar-refractivity contribution in [3.8, 4) is 0 Å². The molecule has 2 atom stereocenters. The van der Waals surface area contributed by atoms with E-state index < -0.39 is 0 Å². The first-order valence-electron chi connectivity index (χ1n) is 7.39. The van der Waals surface area contributed by atoms with E-state index in [9.17, 15) is 0 Å². The summed E-state index contributed by atoms with van der Waals surface area (Å²) in [6.07, 6.45) is 6.72. The molecule has 1 N–H and O–H groups in total. The first-order valence-corrected chi connectivity index (χ1v) is 7.39. The van der Waals surface area contributed by atoms with Crippen molar-refractivity contribution in [1.82, 2.24) is 5.32 Å². The minimum Gasteiger partial charge on any atom is -0.368 e. The second kappa shape index (κ2) is 5.31. The third-order valence-electron chi connectivity index (χ3n) is 4.64. The summed E-state index contributed by atoms with van der Waals surface area (Å²) in [5.41, 5.74) is 3.07. The Morgan fingerprint density at radius 3 is 2.89 bits per heavy atom. The Morgan fingerprint density at radius 2 is 2.11 bits per heavy atom. The average Bonchev–Trinajstić information content (AvgIpc) is 2.58. The van der Waals surface area contributed by atoms with E-state index in [0.29, 0.717) is 0 Å². The number of benzene rings is 1. The van der Waals surface area contributed by atoms with Gasteiger partial charge < -0.3 is 10.2 Å². The minimum absolute atomic E-state index is 0.775. The van der Waals surface area contributed by atoms with Gasteiger partial charge >= 0.3 is 0 Å². The lowest BCUT2D eigenvalue weighted by atomic mass is 9.78. The van der Waals surface area contributed by atoms with Crippen LogP contribution in [-0.2, 0) is 6.42 Å². The summed E-state index contributed by atoms with van der Waals surface area (Å²) >= 11 is 0. The van der Waals surface area contributed by atoms with Crippen molar-refractivity contribution in [1.29, 1.82) is 0 Å². The molecule has 18 heavy (non-hydrogen) atoms. The summed E-state index contributed by atoms with van der Waals surface area (Å²) < 4.78 is 0. The molecule has 0 aromatic heterocycles. The van der Waals surface area contributed by atoms with Crippen molar-refractivity contribution in [2.24, 2.45) is 5.92 Å². The smallest absolute Gasteiger partial charge is 0.0401 e. The number of nitrogens with one attached hydrogen (secondary N) is 1. The van der Waals surface area contributed by atoms with E-state index in [2.05, 4.69) is 41.5 Å². The molecule has 1 aliphatic heterocycles. The summed E-state index contributed by atoms with van der Waals surface area (Å²) in [6.45, 7) is 2.42. The molecule has 0 amide bonds. The maximum atomic E-state index is 3.35. The largest absolute Gasteiger partial charge is 0.368 e. The zero-order chi connectivity index (χ0) is 12.4. The molecule has 0 spiro atoms. The van der Waals surface area contributed by atoms with Gasteiger partial charge in [-0.05, 0) is 63.2 Å². The lowest BCUT2D eigenvalue weighted by Crippen LogP contribution is -2.50. The highest BCUT2D eigenvalue weighted by Crippen LogP contribution is 2.37. The van der Waals surface area contributed by atoms with Gasteiger partial charge in [0.2, 0.25) is 0 Å². The van der Waals surface area contributed by atoms with Gasteiger partial charge in [0.05, 0.1) is 0 Å². The van der Waals surface area contributed by atoms with Crippen LogP contribution < -0.4 is 10.2 Å². The predicted octanol–water partition coefficient (Wildman–Crippen LogP) is 2.83. The second-order valence-electron chi connectivity index (χ2n) is 5.74. The van der Waals surface area contributed by atoms with Crippen molar-refractivity contribution >= 4 is 5.69 Å². The molecular formula is C16H24N2. The van der Waals surface area contributed by atoms with Crippen LogP contribution in [-0.4, -0.2) is 26.2 Å².